The van der Waals surface area contributed by atoms with Gasteiger partial charge < -0.3 is 20.1 Å². The van der Waals surface area contributed by atoms with Gasteiger partial charge in [0.25, 0.3) is 0 Å². The Hall–Kier alpha value is -3.71. The van der Waals surface area contributed by atoms with E-state index in [4.69, 9.17) is 4.74 Å². The number of hydrogen-bond donors (Lipinski definition) is 3. The van der Waals surface area contributed by atoms with Gasteiger partial charge in [0.15, 0.2) is 5.75 Å². The summed E-state index contributed by atoms with van der Waals surface area (Å²) in [7, 11) is 1.65. The van der Waals surface area contributed by atoms with Gasteiger partial charge in [0.2, 0.25) is 0 Å². The van der Waals surface area contributed by atoms with Crippen LogP contribution in [0.1, 0.15) is 64.8 Å². The Morgan fingerprint density at radius 2 is 1.44 bits per heavy atom. The molecule has 7 nitrogen and oxygen atoms in total. The number of carboxylic acid groups (broad SMARTS) is 1. The number of methoxy groups -OCH3 is 1. The fraction of sp³-hybridized carbons (Fsp3) is 0.296. The molecule has 2 aliphatic carbocycles. The Labute approximate surface area is 196 Å². The molecule has 0 radical (unpaired) electrons. The minimum Gasteiger partial charge on any atom is -0.505 e. The lowest BCUT2D eigenvalue weighted by atomic mass is 10.0. The van der Waals surface area contributed by atoms with Crippen LogP contribution < -0.4 is 4.74 Å². The van der Waals surface area contributed by atoms with Crippen LogP contribution in [0.2, 0.25) is 0 Å². The van der Waals surface area contributed by atoms with E-state index in [-0.39, 0.29) is 23.8 Å². The van der Waals surface area contributed by atoms with E-state index in [1.54, 1.807) is 25.3 Å². The van der Waals surface area contributed by atoms with Gasteiger partial charge in [-0.25, -0.2) is 14.8 Å². The van der Waals surface area contributed by atoms with Gasteiger partial charge in [-0.3, -0.25) is 0 Å². The summed E-state index contributed by atoms with van der Waals surface area (Å²) in [5.74, 6) is 0.230. The normalized spacial score (nSPS) is 15.1. The second-order valence-corrected chi connectivity index (χ2v) is 8.78. The van der Waals surface area contributed by atoms with Crippen molar-refractivity contribution in [1.29, 1.82) is 0 Å². The summed E-state index contributed by atoms with van der Waals surface area (Å²) < 4.78 is 5.45. The van der Waals surface area contributed by atoms with Crippen LogP contribution in [0.3, 0.4) is 0 Å². The number of para-hydroxylation sites is 2. The number of hydrogen-bond acceptors (Lipinski definition) is 6. The fourth-order valence-corrected chi connectivity index (χ4v) is 4.38. The zero-order valence-corrected chi connectivity index (χ0v) is 18.9. The summed E-state index contributed by atoms with van der Waals surface area (Å²) >= 11 is 0. The smallest absolute Gasteiger partial charge is 0.340 e. The van der Waals surface area contributed by atoms with E-state index < -0.39 is 5.97 Å². The largest absolute Gasteiger partial charge is 0.505 e. The molecule has 174 valence electrons. The Morgan fingerprint density at radius 3 is 2.00 bits per heavy atom. The molecule has 2 aromatic carbocycles. The summed E-state index contributed by atoms with van der Waals surface area (Å²) in [5, 5.41) is 30.3. The number of aliphatic hydroxyl groups excluding tert-OH is 1. The first-order valence-corrected chi connectivity index (χ1v) is 11.4. The number of aliphatic hydroxyl groups is 1. The zero-order valence-electron chi connectivity index (χ0n) is 18.9. The first kappa shape index (κ1) is 22.1. The number of pyridine rings is 2. The average molecular weight is 459 g/mol. The number of carbonyl (C=O) groups is 1. The van der Waals surface area contributed by atoms with Gasteiger partial charge in [-0.15, -0.1) is 0 Å². The maximum absolute atomic E-state index is 11.2. The number of aromatic nitrogens is 2. The maximum atomic E-state index is 11.2. The SMILES string of the molecule is COc1c(C2CC2)nc2ccccc2c1CO.O=C(O)c1c(O)c(C2CC2)nc2ccccc12. The van der Waals surface area contributed by atoms with Crippen LogP contribution in [0.5, 0.6) is 11.5 Å². The van der Waals surface area contributed by atoms with Crippen LogP contribution in [0, 0.1) is 0 Å². The van der Waals surface area contributed by atoms with Gasteiger partial charge in [-0.05, 0) is 37.8 Å². The summed E-state index contributed by atoms with van der Waals surface area (Å²) in [6.45, 7) is -0.00801. The molecule has 0 bridgehead atoms. The van der Waals surface area contributed by atoms with Crippen molar-refractivity contribution >= 4 is 27.8 Å². The van der Waals surface area contributed by atoms with Crippen LogP contribution in [0.25, 0.3) is 21.8 Å². The van der Waals surface area contributed by atoms with Crippen LogP contribution in [-0.2, 0) is 6.61 Å². The second-order valence-electron chi connectivity index (χ2n) is 8.78. The third-order valence-corrected chi connectivity index (χ3v) is 6.37. The monoisotopic (exact) mass is 458 g/mol. The highest BCUT2D eigenvalue weighted by Gasteiger charge is 2.32. The van der Waals surface area contributed by atoms with Gasteiger partial charge in [-0.1, -0.05) is 36.4 Å². The molecule has 4 aromatic rings. The number of ether oxygens (including phenoxy) is 1. The molecular formula is C27H26N2O5. The minimum absolute atomic E-state index is 0.00801. The van der Waals surface area contributed by atoms with E-state index >= 15 is 0 Å². The summed E-state index contributed by atoms with van der Waals surface area (Å²) in [6, 6.07) is 14.9. The summed E-state index contributed by atoms with van der Waals surface area (Å²) in [4.78, 5) is 20.3. The van der Waals surface area contributed by atoms with Crippen molar-refractivity contribution in [2.75, 3.05) is 7.11 Å². The number of carboxylic acids is 1. The molecule has 0 spiro atoms. The van der Waals surface area contributed by atoms with Gasteiger partial charge in [0.1, 0.15) is 11.3 Å². The second kappa shape index (κ2) is 8.91. The van der Waals surface area contributed by atoms with Crippen molar-refractivity contribution in [3.05, 3.63) is 71.0 Å². The molecule has 34 heavy (non-hydrogen) atoms. The minimum atomic E-state index is -1.11. The molecule has 0 aliphatic heterocycles. The highest BCUT2D eigenvalue weighted by molar-refractivity contribution is 6.05. The molecule has 2 fully saturated rings. The fourth-order valence-electron chi connectivity index (χ4n) is 4.38. The Bertz CT molecular complexity index is 1390. The van der Waals surface area contributed by atoms with E-state index in [0.29, 0.717) is 22.5 Å². The first-order valence-electron chi connectivity index (χ1n) is 11.4. The van der Waals surface area contributed by atoms with Crippen molar-refractivity contribution in [2.45, 2.75) is 44.1 Å². The molecule has 2 heterocycles. The average Bonchev–Trinajstić information content (AvgIpc) is 3.76. The highest BCUT2D eigenvalue weighted by Crippen LogP contribution is 2.46. The van der Waals surface area contributed by atoms with Crippen molar-refractivity contribution in [2.24, 2.45) is 0 Å². The van der Waals surface area contributed by atoms with Crippen LogP contribution in [0.4, 0.5) is 0 Å². The lowest BCUT2D eigenvalue weighted by Gasteiger charge is -2.14. The van der Waals surface area contributed by atoms with E-state index in [1.165, 1.54) is 12.8 Å². The van der Waals surface area contributed by atoms with Gasteiger partial charge in [0.05, 0.1) is 36.1 Å². The molecule has 0 unspecified atom stereocenters. The number of aromatic hydroxyl groups is 1. The Morgan fingerprint density at radius 1 is 0.912 bits per heavy atom. The molecule has 3 N–H and O–H groups in total. The van der Waals surface area contributed by atoms with E-state index in [9.17, 15) is 20.1 Å². The van der Waals surface area contributed by atoms with E-state index in [0.717, 1.165) is 40.8 Å². The Balaban J connectivity index is 0.000000142. The summed E-state index contributed by atoms with van der Waals surface area (Å²) in [5.41, 5.74) is 3.94. The van der Waals surface area contributed by atoms with E-state index in [2.05, 4.69) is 9.97 Å². The van der Waals surface area contributed by atoms with Crippen LogP contribution in [-0.4, -0.2) is 38.4 Å². The van der Waals surface area contributed by atoms with Crippen LogP contribution in [0.15, 0.2) is 48.5 Å². The predicted molar refractivity (Wildman–Crippen MR) is 129 cm³/mol. The number of fused-ring (bicyclic) bond motifs is 2. The molecule has 0 atom stereocenters. The molecule has 2 aromatic heterocycles. The van der Waals surface area contributed by atoms with Crippen molar-refractivity contribution in [1.82, 2.24) is 9.97 Å². The molecular weight excluding hydrogens is 432 g/mol. The quantitative estimate of drug-likeness (QED) is 0.380. The number of nitrogens with zero attached hydrogens (tertiary/aromatic N) is 2. The molecule has 7 heteroatoms. The van der Waals surface area contributed by atoms with Crippen molar-refractivity contribution < 1.29 is 24.9 Å². The van der Waals surface area contributed by atoms with Gasteiger partial charge in [-0.2, -0.15) is 0 Å². The third-order valence-electron chi connectivity index (χ3n) is 6.37. The first-order chi connectivity index (χ1) is 16.5. The molecule has 6 rings (SSSR count). The summed E-state index contributed by atoms with van der Waals surface area (Å²) in [6.07, 6.45) is 4.29. The van der Waals surface area contributed by atoms with Crippen molar-refractivity contribution in [3.8, 4) is 11.5 Å². The third kappa shape index (κ3) is 4.03. The Kier molecular flexibility index (Phi) is 5.79. The lowest BCUT2D eigenvalue weighted by Crippen LogP contribution is -2.02. The lowest BCUT2D eigenvalue weighted by molar-refractivity contribution is 0.0695. The standard InChI is InChI=1S/C14H15NO2.C13H11NO3/c1-17-14-11(8-16)10-4-2-3-5-12(10)15-13(14)9-6-7-9;15-12-10(13(16)17)8-3-1-2-4-9(8)14-11(12)7-5-6-7/h2-5,9,16H,6-8H2,1H3;1-4,7,15H,5-6H2,(H,16,17). The topological polar surface area (TPSA) is 113 Å². The molecule has 2 saturated carbocycles. The molecule has 0 amide bonds. The molecule has 2 aliphatic rings. The van der Waals surface area contributed by atoms with Crippen molar-refractivity contribution in [3.63, 3.8) is 0 Å². The predicted octanol–water partition coefficient (Wildman–Crippen LogP) is 5.13. The number of rotatable bonds is 5. The van der Waals surface area contributed by atoms with Gasteiger partial charge in [0, 0.05) is 28.2 Å². The number of aromatic carboxylic acids is 1. The maximum Gasteiger partial charge on any atom is 0.340 e. The van der Waals surface area contributed by atoms with Crippen LogP contribution >= 0.6 is 0 Å². The molecule has 0 saturated heterocycles. The highest BCUT2D eigenvalue weighted by atomic mass is 16.5. The van der Waals surface area contributed by atoms with E-state index in [1.807, 2.05) is 30.3 Å². The van der Waals surface area contributed by atoms with Gasteiger partial charge >= 0.3 is 5.97 Å². The number of benzene rings is 2. The zero-order chi connectivity index (χ0) is 23.8.